The summed E-state index contributed by atoms with van der Waals surface area (Å²) in [5.74, 6) is -0.305. The number of esters is 1. The van der Waals surface area contributed by atoms with E-state index < -0.39 is 0 Å². The second-order valence-corrected chi connectivity index (χ2v) is 4.08. The van der Waals surface area contributed by atoms with E-state index >= 15 is 0 Å². The van der Waals surface area contributed by atoms with E-state index in [4.69, 9.17) is 4.74 Å². The lowest BCUT2D eigenvalue weighted by atomic mass is 10.3. The molecule has 0 amide bonds. The molecule has 0 saturated heterocycles. The van der Waals surface area contributed by atoms with Crippen LogP contribution in [0.15, 0.2) is 22.4 Å². The molecule has 2 heterocycles. The van der Waals surface area contributed by atoms with E-state index in [0.717, 1.165) is 10.2 Å². The molecule has 0 saturated carbocycles. The lowest BCUT2D eigenvalue weighted by Gasteiger charge is -2.17. The molecule has 0 aromatic carbocycles. The van der Waals surface area contributed by atoms with Gasteiger partial charge in [0, 0.05) is 16.4 Å². The van der Waals surface area contributed by atoms with Crippen molar-refractivity contribution in [3.05, 3.63) is 28.1 Å². The largest absolute Gasteiger partial charge is 0.461 e. The van der Waals surface area contributed by atoms with Gasteiger partial charge < -0.3 is 14.6 Å². The SMILES string of the molecule is CCOC(=O)C1=Cc2cc(Br)cn2CN1. The summed E-state index contributed by atoms with van der Waals surface area (Å²) in [5.41, 5.74) is 1.50. The van der Waals surface area contributed by atoms with E-state index in [-0.39, 0.29) is 5.97 Å². The first-order chi connectivity index (χ1) is 7.20. The van der Waals surface area contributed by atoms with E-state index in [2.05, 4.69) is 21.2 Å². The van der Waals surface area contributed by atoms with Crippen LogP contribution < -0.4 is 5.32 Å². The summed E-state index contributed by atoms with van der Waals surface area (Å²) in [6.07, 6.45) is 3.74. The molecule has 1 aromatic rings. The van der Waals surface area contributed by atoms with Crippen LogP contribution in [0.4, 0.5) is 0 Å². The van der Waals surface area contributed by atoms with Crippen molar-refractivity contribution in [2.24, 2.45) is 0 Å². The number of hydrogen-bond acceptors (Lipinski definition) is 3. The minimum absolute atomic E-state index is 0.305. The molecule has 0 aliphatic carbocycles. The summed E-state index contributed by atoms with van der Waals surface area (Å²) in [6, 6.07) is 1.96. The van der Waals surface area contributed by atoms with E-state index in [9.17, 15) is 4.79 Å². The quantitative estimate of drug-likeness (QED) is 0.833. The Bertz CT molecular complexity index is 423. The molecule has 0 fully saturated rings. The number of fused-ring (bicyclic) bond motifs is 1. The molecule has 4 nitrogen and oxygen atoms in total. The van der Waals surface area contributed by atoms with E-state index in [1.807, 2.05) is 16.8 Å². The summed E-state index contributed by atoms with van der Waals surface area (Å²) in [6.45, 7) is 2.77. The van der Waals surface area contributed by atoms with Crippen molar-refractivity contribution in [2.75, 3.05) is 6.61 Å². The van der Waals surface area contributed by atoms with Gasteiger partial charge in [-0.1, -0.05) is 0 Å². The lowest BCUT2D eigenvalue weighted by Crippen LogP contribution is -2.28. The van der Waals surface area contributed by atoms with Crippen molar-refractivity contribution in [2.45, 2.75) is 13.6 Å². The van der Waals surface area contributed by atoms with Crippen molar-refractivity contribution in [1.82, 2.24) is 9.88 Å². The highest BCUT2D eigenvalue weighted by Gasteiger charge is 2.16. The first-order valence-corrected chi connectivity index (χ1v) is 5.48. The third-order valence-electron chi connectivity index (χ3n) is 2.12. The Labute approximate surface area is 96.0 Å². The zero-order chi connectivity index (χ0) is 10.8. The highest BCUT2D eigenvalue weighted by molar-refractivity contribution is 9.10. The van der Waals surface area contributed by atoms with Crippen molar-refractivity contribution in [1.29, 1.82) is 0 Å². The molecule has 0 unspecified atom stereocenters. The maximum atomic E-state index is 11.4. The number of ether oxygens (including phenoxy) is 1. The fourth-order valence-corrected chi connectivity index (χ4v) is 1.94. The van der Waals surface area contributed by atoms with Gasteiger partial charge in [0.15, 0.2) is 0 Å². The molecule has 0 atom stereocenters. The average molecular weight is 271 g/mol. The van der Waals surface area contributed by atoms with Crippen LogP contribution in [0.1, 0.15) is 12.6 Å². The maximum Gasteiger partial charge on any atom is 0.354 e. The van der Waals surface area contributed by atoms with Crippen LogP contribution in [0.2, 0.25) is 0 Å². The predicted molar refractivity (Wildman–Crippen MR) is 59.9 cm³/mol. The summed E-state index contributed by atoms with van der Waals surface area (Å²) >= 11 is 3.39. The summed E-state index contributed by atoms with van der Waals surface area (Å²) < 4.78 is 7.92. The fraction of sp³-hybridized carbons (Fsp3) is 0.300. The van der Waals surface area contributed by atoms with Crippen LogP contribution in [-0.4, -0.2) is 17.1 Å². The standard InChI is InChI=1S/C10H11BrN2O2/c1-2-15-10(14)9-4-8-3-7(11)5-13(8)6-12-9/h3-5,12H,2,6H2,1H3. The minimum Gasteiger partial charge on any atom is -0.461 e. The third-order valence-corrected chi connectivity index (χ3v) is 2.56. The first kappa shape index (κ1) is 10.3. The van der Waals surface area contributed by atoms with Crippen LogP contribution in [0.3, 0.4) is 0 Å². The van der Waals surface area contributed by atoms with Gasteiger partial charge in [0.05, 0.1) is 13.3 Å². The zero-order valence-electron chi connectivity index (χ0n) is 8.29. The number of carbonyl (C=O) groups is 1. The van der Waals surface area contributed by atoms with Gasteiger partial charge in [-0.2, -0.15) is 0 Å². The zero-order valence-corrected chi connectivity index (χ0v) is 9.87. The molecule has 2 rings (SSSR count). The Morgan fingerprint density at radius 2 is 2.53 bits per heavy atom. The minimum atomic E-state index is -0.305. The molecule has 0 radical (unpaired) electrons. The topological polar surface area (TPSA) is 43.3 Å². The van der Waals surface area contributed by atoms with Gasteiger partial charge in [0.2, 0.25) is 0 Å². The number of rotatable bonds is 2. The van der Waals surface area contributed by atoms with Gasteiger partial charge in [0.25, 0.3) is 0 Å². The van der Waals surface area contributed by atoms with Crippen molar-refractivity contribution in [3.63, 3.8) is 0 Å². The predicted octanol–water partition coefficient (Wildman–Crippen LogP) is 1.72. The Kier molecular flexibility index (Phi) is 2.81. The number of aromatic nitrogens is 1. The van der Waals surface area contributed by atoms with Crippen LogP contribution in [0.25, 0.3) is 6.08 Å². The van der Waals surface area contributed by atoms with Crippen molar-refractivity contribution < 1.29 is 9.53 Å². The van der Waals surface area contributed by atoms with Crippen molar-refractivity contribution in [3.8, 4) is 0 Å². The number of nitrogens with one attached hydrogen (secondary N) is 1. The van der Waals surface area contributed by atoms with E-state index in [0.29, 0.717) is 19.0 Å². The third kappa shape index (κ3) is 2.07. The number of carbonyl (C=O) groups excluding carboxylic acids is 1. The smallest absolute Gasteiger partial charge is 0.354 e. The fourth-order valence-electron chi connectivity index (χ4n) is 1.46. The van der Waals surface area contributed by atoms with Crippen molar-refractivity contribution >= 4 is 28.0 Å². The van der Waals surface area contributed by atoms with Gasteiger partial charge >= 0.3 is 5.97 Å². The van der Waals surface area contributed by atoms with Crippen LogP contribution in [-0.2, 0) is 16.2 Å². The molecule has 0 spiro atoms. The highest BCUT2D eigenvalue weighted by atomic mass is 79.9. The number of nitrogens with zero attached hydrogens (tertiary/aromatic N) is 1. The lowest BCUT2D eigenvalue weighted by molar-refractivity contribution is -0.138. The Hall–Kier alpha value is -1.23. The number of halogens is 1. The van der Waals surface area contributed by atoms with Gasteiger partial charge in [-0.15, -0.1) is 0 Å². The Balaban J connectivity index is 2.24. The monoisotopic (exact) mass is 270 g/mol. The van der Waals surface area contributed by atoms with Crippen LogP contribution in [0.5, 0.6) is 0 Å². The average Bonchev–Trinajstić information content (AvgIpc) is 2.57. The summed E-state index contributed by atoms with van der Waals surface area (Å²) in [5, 5.41) is 3.00. The molecular weight excluding hydrogens is 260 g/mol. The van der Waals surface area contributed by atoms with Gasteiger partial charge in [-0.3, -0.25) is 0 Å². The molecule has 1 aromatic heterocycles. The molecule has 15 heavy (non-hydrogen) atoms. The molecule has 1 aliphatic rings. The van der Waals surface area contributed by atoms with Crippen LogP contribution in [0, 0.1) is 0 Å². The Morgan fingerprint density at radius 1 is 1.73 bits per heavy atom. The second-order valence-electron chi connectivity index (χ2n) is 3.17. The van der Waals surface area contributed by atoms with E-state index in [1.165, 1.54) is 0 Å². The normalized spacial score (nSPS) is 13.9. The van der Waals surface area contributed by atoms with Gasteiger partial charge in [-0.05, 0) is 35.0 Å². The molecule has 1 N–H and O–H groups in total. The number of hydrogen-bond donors (Lipinski definition) is 1. The summed E-state index contributed by atoms with van der Waals surface area (Å²) in [4.78, 5) is 11.4. The summed E-state index contributed by atoms with van der Waals surface area (Å²) in [7, 11) is 0. The maximum absolute atomic E-state index is 11.4. The first-order valence-electron chi connectivity index (χ1n) is 4.69. The van der Waals surface area contributed by atoms with Gasteiger partial charge in [-0.25, -0.2) is 4.79 Å². The molecule has 0 bridgehead atoms. The second kappa shape index (κ2) is 4.10. The van der Waals surface area contributed by atoms with Crippen LogP contribution >= 0.6 is 15.9 Å². The molecule has 1 aliphatic heterocycles. The van der Waals surface area contributed by atoms with E-state index in [1.54, 1.807) is 13.0 Å². The molecule has 80 valence electrons. The molecular formula is C10H11BrN2O2. The molecule has 5 heteroatoms. The Morgan fingerprint density at radius 3 is 3.27 bits per heavy atom. The van der Waals surface area contributed by atoms with Gasteiger partial charge in [0.1, 0.15) is 5.70 Å². The highest BCUT2D eigenvalue weighted by Crippen LogP contribution is 2.19.